The maximum atomic E-state index is 12.2. The van der Waals surface area contributed by atoms with E-state index in [-0.39, 0.29) is 18.7 Å². The predicted molar refractivity (Wildman–Crippen MR) is 90.0 cm³/mol. The van der Waals surface area contributed by atoms with Gasteiger partial charge in [-0.05, 0) is 36.8 Å². The van der Waals surface area contributed by atoms with Crippen LogP contribution in [0.3, 0.4) is 0 Å². The zero-order valence-corrected chi connectivity index (χ0v) is 14.4. The Bertz CT molecular complexity index is 684. The van der Waals surface area contributed by atoms with Gasteiger partial charge in [0.1, 0.15) is 0 Å². The van der Waals surface area contributed by atoms with Gasteiger partial charge in [0.25, 0.3) is 0 Å². The van der Waals surface area contributed by atoms with Crippen LogP contribution in [0.25, 0.3) is 0 Å². The third-order valence-corrected chi connectivity index (χ3v) is 4.59. The lowest BCUT2D eigenvalue weighted by Gasteiger charge is -2.17. The SMILES string of the molecule is Cc1ccc(CC(=O)NC(CC(=O)O)c2cccc(Br)c2)s1. The van der Waals surface area contributed by atoms with Crippen LogP contribution < -0.4 is 5.32 Å². The zero-order chi connectivity index (χ0) is 16.1. The molecule has 0 radical (unpaired) electrons. The first-order chi connectivity index (χ1) is 10.4. The van der Waals surface area contributed by atoms with Gasteiger partial charge < -0.3 is 10.4 Å². The van der Waals surface area contributed by atoms with Crippen LogP contribution in [0.4, 0.5) is 0 Å². The molecular weight excluding hydrogens is 366 g/mol. The van der Waals surface area contributed by atoms with Crippen molar-refractivity contribution in [1.29, 1.82) is 0 Å². The van der Waals surface area contributed by atoms with Gasteiger partial charge in [-0.2, -0.15) is 0 Å². The second kappa shape index (κ2) is 7.56. The van der Waals surface area contributed by atoms with Crippen LogP contribution in [0.1, 0.15) is 27.8 Å². The van der Waals surface area contributed by atoms with E-state index in [2.05, 4.69) is 21.2 Å². The van der Waals surface area contributed by atoms with Crippen molar-refractivity contribution in [2.75, 3.05) is 0 Å². The number of carboxylic acid groups (broad SMARTS) is 1. The first-order valence-corrected chi connectivity index (χ1v) is 8.37. The molecule has 2 aromatic rings. The van der Waals surface area contributed by atoms with Crippen molar-refractivity contribution in [2.24, 2.45) is 0 Å². The van der Waals surface area contributed by atoms with Crippen molar-refractivity contribution < 1.29 is 14.7 Å². The first kappa shape index (κ1) is 16.7. The molecule has 0 aliphatic heterocycles. The van der Waals surface area contributed by atoms with Crippen LogP contribution in [0.15, 0.2) is 40.9 Å². The maximum absolute atomic E-state index is 12.2. The van der Waals surface area contributed by atoms with Crippen molar-refractivity contribution in [3.63, 3.8) is 0 Å². The number of carbonyl (C=O) groups is 2. The van der Waals surface area contributed by atoms with Gasteiger partial charge in [0, 0.05) is 14.2 Å². The second-order valence-electron chi connectivity index (χ2n) is 4.96. The van der Waals surface area contributed by atoms with Crippen molar-refractivity contribution >= 4 is 39.1 Å². The van der Waals surface area contributed by atoms with Crippen LogP contribution in [-0.4, -0.2) is 17.0 Å². The highest BCUT2D eigenvalue weighted by molar-refractivity contribution is 9.10. The van der Waals surface area contributed by atoms with Crippen molar-refractivity contribution in [2.45, 2.75) is 25.8 Å². The van der Waals surface area contributed by atoms with E-state index in [1.54, 1.807) is 11.3 Å². The molecule has 4 nitrogen and oxygen atoms in total. The third kappa shape index (κ3) is 4.96. The molecule has 0 aliphatic carbocycles. The smallest absolute Gasteiger partial charge is 0.305 e. The number of thiophene rings is 1. The lowest BCUT2D eigenvalue weighted by Crippen LogP contribution is -2.31. The minimum atomic E-state index is -0.947. The van der Waals surface area contributed by atoms with E-state index in [0.717, 1.165) is 19.8 Å². The molecule has 6 heteroatoms. The van der Waals surface area contributed by atoms with Gasteiger partial charge in [-0.15, -0.1) is 11.3 Å². The third-order valence-electron chi connectivity index (χ3n) is 3.10. The monoisotopic (exact) mass is 381 g/mol. The van der Waals surface area contributed by atoms with Gasteiger partial charge >= 0.3 is 5.97 Å². The standard InChI is InChI=1S/C16H16BrNO3S/c1-10-5-6-13(22-10)8-15(19)18-14(9-16(20)21)11-3-2-4-12(17)7-11/h2-7,14H,8-9H2,1H3,(H,18,19)(H,20,21). The molecule has 0 spiro atoms. The van der Waals surface area contributed by atoms with Crippen LogP contribution in [0.5, 0.6) is 0 Å². The molecule has 116 valence electrons. The number of aliphatic carboxylic acids is 1. The number of benzene rings is 1. The molecule has 1 aromatic carbocycles. The maximum Gasteiger partial charge on any atom is 0.305 e. The molecule has 1 amide bonds. The van der Waals surface area contributed by atoms with Crippen molar-refractivity contribution in [3.8, 4) is 0 Å². The molecule has 1 heterocycles. The Balaban J connectivity index is 2.09. The van der Waals surface area contributed by atoms with Gasteiger partial charge in [-0.1, -0.05) is 28.1 Å². The Morgan fingerprint density at radius 3 is 2.68 bits per heavy atom. The number of nitrogens with one attached hydrogen (secondary N) is 1. The van der Waals surface area contributed by atoms with Crippen molar-refractivity contribution in [1.82, 2.24) is 5.32 Å². The summed E-state index contributed by atoms with van der Waals surface area (Å²) >= 11 is 4.93. The van der Waals surface area contributed by atoms with E-state index in [1.807, 2.05) is 43.3 Å². The highest BCUT2D eigenvalue weighted by Crippen LogP contribution is 2.22. The summed E-state index contributed by atoms with van der Waals surface area (Å²) in [7, 11) is 0. The zero-order valence-electron chi connectivity index (χ0n) is 12.0. The molecule has 0 saturated carbocycles. The largest absolute Gasteiger partial charge is 0.481 e. The number of carboxylic acids is 1. The fourth-order valence-corrected chi connectivity index (χ4v) is 3.44. The molecule has 1 atom stereocenters. The molecule has 1 unspecified atom stereocenters. The number of halogens is 1. The molecule has 2 N–H and O–H groups in total. The Labute approximate surface area is 141 Å². The van der Waals surface area contributed by atoms with E-state index in [4.69, 9.17) is 5.11 Å². The average Bonchev–Trinajstić information content (AvgIpc) is 2.82. The first-order valence-electron chi connectivity index (χ1n) is 6.76. The minimum absolute atomic E-state index is 0.147. The Hall–Kier alpha value is -1.66. The number of hydrogen-bond donors (Lipinski definition) is 2. The summed E-state index contributed by atoms with van der Waals surface area (Å²) in [6.07, 6.45) is 0.119. The van der Waals surface area contributed by atoms with Gasteiger partial charge in [0.2, 0.25) is 5.91 Å². The molecule has 0 fully saturated rings. The number of amides is 1. The Morgan fingerprint density at radius 1 is 1.32 bits per heavy atom. The summed E-state index contributed by atoms with van der Waals surface area (Å²) in [5.41, 5.74) is 0.771. The van der Waals surface area contributed by atoms with Crippen molar-refractivity contribution in [3.05, 3.63) is 56.2 Å². The van der Waals surface area contributed by atoms with Gasteiger partial charge in [0.05, 0.1) is 18.9 Å². The van der Waals surface area contributed by atoms with E-state index in [9.17, 15) is 9.59 Å². The molecule has 0 bridgehead atoms. The number of aryl methyl sites for hydroxylation is 1. The summed E-state index contributed by atoms with van der Waals surface area (Å²) in [5, 5.41) is 11.9. The number of rotatable bonds is 6. The van der Waals surface area contributed by atoms with Crippen LogP contribution >= 0.6 is 27.3 Å². The lowest BCUT2D eigenvalue weighted by atomic mass is 10.0. The summed E-state index contributed by atoms with van der Waals surface area (Å²) < 4.78 is 0.850. The molecule has 22 heavy (non-hydrogen) atoms. The van der Waals surface area contributed by atoms with E-state index in [1.165, 1.54) is 0 Å². The fourth-order valence-electron chi connectivity index (χ4n) is 2.13. The molecule has 1 aromatic heterocycles. The average molecular weight is 382 g/mol. The van der Waals surface area contributed by atoms with E-state index >= 15 is 0 Å². The Kier molecular flexibility index (Phi) is 5.74. The topological polar surface area (TPSA) is 66.4 Å². The lowest BCUT2D eigenvalue weighted by molar-refractivity contribution is -0.137. The number of carbonyl (C=O) groups excluding carboxylic acids is 1. The Morgan fingerprint density at radius 2 is 2.09 bits per heavy atom. The predicted octanol–water partition coefficient (Wildman–Crippen LogP) is 3.69. The van der Waals surface area contributed by atoms with Crippen LogP contribution in [-0.2, 0) is 16.0 Å². The normalized spacial score (nSPS) is 11.9. The van der Waals surface area contributed by atoms with Crippen LogP contribution in [0.2, 0.25) is 0 Å². The second-order valence-corrected chi connectivity index (χ2v) is 7.25. The quantitative estimate of drug-likeness (QED) is 0.801. The molecule has 0 saturated heterocycles. The molecule has 0 aliphatic rings. The molecule has 2 rings (SSSR count). The summed E-state index contributed by atoms with van der Waals surface area (Å²) in [4.78, 5) is 25.3. The fraction of sp³-hybridized carbons (Fsp3) is 0.250. The molecular formula is C16H16BrNO3S. The van der Waals surface area contributed by atoms with Gasteiger partial charge in [-0.3, -0.25) is 9.59 Å². The van der Waals surface area contributed by atoms with E-state index in [0.29, 0.717) is 0 Å². The highest BCUT2D eigenvalue weighted by Gasteiger charge is 2.18. The summed E-state index contributed by atoms with van der Waals surface area (Å²) in [6.45, 7) is 1.99. The highest BCUT2D eigenvalue weighted by atomic mass is 79.9. The summed E-state index contributed by atoms with van der Waals surface area (Å²) in [6, 6.07) is 10.7. The van der Waals surface area contributed by atoms with Crippen LogP contribution in [0, 0.1) is 6.92 Å². The minimum Gasteiger partial charge on any atom is -0.481 e. The van der Waals surface area contributed by atoms with E-state index < -0.39 is 12.0 Å². The summed E-state index contributed by atoms with van der Waals surface area (Å²) in [5.74, 6) is -1.12. The van der Waals surface area contributed by atoms with Gasteiger partial charge in [0.15, 0.2) is 0 Å². The number of hydrogen-bond acceptors (Lipinski definition) is 3. The van der Waals surface area contributed by atoms with Gasteiger partial charge in [-0.25, -0.2) is 0 Å².